The standard InChI is InChI=1S/C26H28N4O4/c1-25(16-17-13-14-28-20(27)15-17)22(23(31)32)30(24(25)33)26(2,34)29-21(18-9-5-3-6-10-18)19-11-7-4-8-12-19/h3-15,21-22,29,34H,16H2,1-2H3,(H2,27,28)(H,31,32)/t22-,25-,26+/m1/s1. The van der Waals surface area contributed by atoms with Gasteiger partial charge in [-0.2, -0.15) is 0 Å². The Balaban J connectivity index is 1.65. The molecule has 1 aliphatic rings. The van der Waals surface area contributed by atoms with Crippen molar-refractivity contribution >= 4 is 17.7 Å². The fraction of sp³-hybridized carbons (Fsp3) is 0.269. The number of carbonyl (C=O) groups excluding carboxylic acids is 1. The molecule has 0 unspecified atom stereocenters. The number of carboxylic acids is 1. The number of benzene rings is 2. The SMILES string of the molecule is C[C@]1(Cc2ccnc(N)c2)C(=O)N([C@@](C)(O)NC(c2ccccc2)c2ccccc2)[C@@H]1C(=O)O. The van der Waals surface area contributed by atoms with Crippen molar-refractivity contribution in [2.75, 3.05) is 5.73 Å². The fourth-order valence-electron chi connectivity index (χ4n) is 4.75. The van der Waals surface area contributed by atoms with Crippen LogP contribution in [0.15, 0.2) is 79.0 Å². The van der Waals surface area contributed by atoms with E-state index in [0.717, 1.165) is 16.0 Å². The minimum Gasteiger partial charge on any atom is -0.480 e. The molecule has 0 bridgehead atoms. The van der Waals surface area contributed by atoms with Crippen molar-refractivity contribution in [2.45, 2.75) is 38.2 Å². The summed E-state index contributed by atoms with van der Waals surface area (Å²) in [4.78, 5) is 30.7. The second-order valence-corrected chi connectivity index (χ2v) is 9.02. The highest BCUT2D eigenvalue weighted by Crippen LogP contribution is 2.45. The second kappa shape index (κ2) is 8.89. The normalized spacial score (nSPS) is 21.7. The number of β-lactam (4-membered cyclic amide) rings is 1. The molecule has 1 aromatic heterocycles. The lowest BCUT2D eigenvalue weighted by Crippen LogP contribution is -2.79. The Hall–Kier alpha value is -3.75. The number of rotatable bonds is 8. The van der Waals surface area contributed by atoms with Crippen LogP contribution >= 0.6 is 0 Å². The number of hydrogen-bond donors (Lipinski definition) is 4. The average molecular weight is 461 g/mol. The number of nitrogens with zero attached hydrogens (tertiary/aromatic N) is 2. The molecule has 3 aromatic rings. The van der Waals surface area contributed by atoms with Gasteiger partial charge in [0.1, 0.15) is 11.9 Å². The zero-order chi connectivity index (χ0) is 24.5. The molecular formula is C26H28N4O4. The summed E-state index contributed by atoms with van der Waals surface area (Å²) in [6.45, 7) is 3.01. The molecule has 1 fully saturated rings. The van der Waals surface area contributed by atoms with Gasteiger partial charge in [0.25, 0.3) is 0 Å². The summed E-state index contributed by atoms with van der Waals surface area (Å²) in [5.41, 5.74) is 6.94. The van der Waals surface area contributed by atoms with Crippen molar-refractivity contribution in [3.8, 4) is 0 Å². The summed E-state index contributed by atoms with van der Waals surface area (Å²) in [6, 6.07) is 20.5. The number of hydrogen-bond acceptors (Lipinski definition) is 6. The van der Waals surface area contributed by atoms with E-state index in [0.29, 0.717) is 11.4 Å². The molecule has 0 radical (unpaired) electrons. The molecule has 34 heavy (non-hydrogen) atoms. The molecule has 3 atom stereocenters. The van der Waals surface area contributed by atoms with E-state index < -0.39 is 35.2 Å². The number of nitrogens with one attached hydrogen (secondary N) is 1. The maximum Gasteiger partial charge on any atom is 0.327 e. The number of carbonyl (C=O) groups is 2. The first-order chi connectivity index (χ1) is 16.1. The first kappa shape index (κ1) is 23.4. The van der Waals surface area contributed by atoms with Crippen LogP contribution < -0.4 is 11.1 Å². The first-order valence-corrected chi connectivity index (χ1v) is 11.0. The number of nitrogen functional groups attached to an aromatic ring is 1. The molecule has 1 saturated heterocycles. The van der Waals surface area contributed by atoms with E-state index in [-0.39, 0.29) is 6.42 Å². The lowest BCUT2D eigenvalue weighted by molar-refractivity contribution is -0.229. The van der Waals surface area contributed by atoms with Gasteiger partial charge in [-0.05, 0) is 49.1 Å². The van der Waals surface area contributed by atoms with Crippen LogP contribution in [0.5, 0.6) is 0 Å². The van der Waals surface area contributed by atoms with Crippen molar-refractivity contribution in [2.24, 2.45) is 5.41 Å². The van der Waals surface area contributed by atoms with Crippen LogP contribution in [0.1, 0.15) is 36.6 Å². The van der Waals surface area contributed by atoms with Gasteiger partial charge in [-0.1, -0.05) is 60.7 Å². The highest BCUT2D eigenvalue weighted by Gasteiger charge is 2.65. The average Bonchev–Trinajstić information content (AvgIpc) is 2.81. The summed E-state index contributed by atoms with van der Waals surface area (Å²) >= 11 is 0. The smallest absolute Gasteiger partial charge is 0.327 e. The summed E-state index contributed by atoms with van der Waals surface area (Å²) in [6.07, 6.45) is 1.68. The third-order valence-electron chi connectivity index (χ3n) is 6.37. The minimum absolute atomic E-state index is 0.156. The third-order valence-corrected chi connectivity index (χ3v) is 6.37. The van der Waals surface area contributed by atoms with E-state index >= 15 is 0 Å². The second-order valence-electron chi connectivity index (χ2n) is 9.02. The van der Waals surface area contributed by atoms with E-state index in [1.807, 2.05) is 60.7 Å². The molecule has 4 rings (SSSR count). The molecule has 2 aromatic carbocycles. The Morgan fingerprint density at radius 3 is 2.21 bits per heavy atom. The maximum atomic E-state index is 13.4. The minimum atomic E-state index is -1.94. The molecule has 0 saturated carbocycles. The van der Waals surface area contributed by atoms with Crippen LogP contribution in [0.2, 0.25) is 0 Å². The predicted octanol–water partition coefficient (Wildman–Crippen LogP) is 2.55. The molecule has 0 aliphatic carbocycles. The zero-order valence-electron chi connectivity index (χ0n) is 19.1. The van der Waals surface area contributed by atoms with Crippen LogP contribution in [-0.2, 0) is 16.0 Å². The van der Waals surface area contributed by atoms with Gasteiger partial charge in [-0.15, -0.1) is 0 Å². The van der Waals surface area contributed by atoms with E-state index in [1.54, 1.807) is 19.1 Å². The van der Waals surface area contributed by atoms with Crippen LogP contribution in [0.3, 0.4) is 0 Å². The number of aromatic nitrogens is 1. The van der Waals surface area contributed by atoms with Crippen LogP contribution in [0.4, 0.5) is 5.82 Å². The summed E-state index contributed by atoms with van der Waals surface area (Å²) in [5, 5.41) is 24.6. The van der Waals surface area contributed by atoms with Gasteiger partial charge in [0.05, 0.1) is 11.5 Å². The summed E-state index contributed by atoms with van der Waals surface area (Å²) in [7, 11) is 0. The number of nitrogens with two attached hydrogens (primary N) is 1. The molecular weight excluding hydrogens is 432 g/mol. The summed E-state index contributed by atoms with van der Waals surface area (Å²) in [5.74, 6) is -3.30. The van der Waals surface area contributed by atoms with E-state index in [9.17, 15) is 19.8 Å². The Kier molecular flexibility index (Phi) is 6.12. The van der Waals surface area contributed by atoms with Crippen molar-refractivity contribution in [3.63, 3.8) is 0 Å². The van der Waals surface area contributed by atoms with Crippen LogP contribution in [0, 0.1) is 5.41 Å². The highest BCUT2D eigenvalue weighted by molar-refractivity contribution is 6.00. The van der Waals surface area contributed by atoms with E-state index in [1.165, 1.54) is 13.1 Å². The number of amides is 1. The number of aliphatic hydroxyl groups is 1. The van der Waals surface area contributed by atoms with E-state index in [4.69, 9.17) is 5.73 Å². The monoisotopic (exact) mass is 460 g/mol. The van der Waals surface area contributed by atoms with Crippen LogP contribution in [-0.4, -0.2) is 43.9 Å². The molecule has 176 valence electrons. The van der Waals surface area contributed by atoms with Gasteiger partial charge in [0.2, 0.25) is 5.91 Å². The Bertz CT molecular complexity index is 1150. The number of likely N-dealkylation sites (tertiary alicyclic amines) is 1. The van der Waals surface area contributed by atoms with Crippen molar-refractivity contribution in [3.05, 3.63) is 95.7 Å². The van der Waals surface area contributed by atoms with Crippen LogP contribution in [0.25, 0.3) is 0 Å². The molecule has 8 nitrogen and oxygen atoms in total. The number of pyridine rings is 1. The third kappa shape index (κ3) is 4.25. The predicted molar refractivity (Wildman–Crippen MR) is 127 cm³/mol. The van der Waals surface area contributed by atoms with Gasteiger partial charge >= 0.3 is 5.97 Å². The Labute approximate surface area is 198 Å². The lowest BCUT2D eigenvalue weighted by atomic mass is 9.67. The molecule has 0 spiro atoms. The molecule has 5 N–H and O–H groups in total. The largest absolute Gasteiger partial charge is 0.480 e. The number of aliphatic carboxylic acids is 1. The topological polar surface area (TPSA) is 129 Å². The van der Waals surface area contributed by atoms with Gasteiger partial charge in [-0.3, -0.25) is 15.0 Å². The molecule has 2 heterocycles. The van der Waals surface area contributed by atoms with Gasteiger partial charge in [-0.25, -0.2) is 9.78 Å². The quantitative estimate of drug-likeness (QED) is 0.300. The summed E-state index contributed by atoms with van der Waals surface area (Å²) < 4.78 is 0. The first-order valence-electron chi connectivity index (χ1n) is 11.0. The zero-order valence-corrected chi connectivity index (χ0v) is 19.1. The van der Waals surface area contributed by atoms with Gasteiger partial charge in [0, 0.05) is 6.20 Å². The van der Waals surface area contributed by atoms with Gasteiger partial charge in [0.15, 0.2) is 5.85 Å². The highest BCUT2D eigenvalue weighted by atomic mass is 16.4. The Morgan fingerprint density at radius 2 is 1.71 bits per heavy atom. The van der Waals surface area contributed by atoms with E-state index in [2.05, 4.69) is 10.3 Å². The van der Waals surface area contributed by atoms with Crippen molar-refractivity contribution in [1.29, 1.82) is 0 Å². The lowest BCUT2D eigenvalue weighted by Gasteiger charge is -2.57. The maximum absolute atomic E-state index is 13.4. The van der Waals surface area contributed by atoms with Crippen molar-refractivity contribution in [1.82, 2.24) is 15.2 Å². The molecule has 1 amide bonds. The molecule has 1 aliphatic heterocycles. The number of carboxylic acid groups (broad SMARTS) is 1. The fourth-order valence-corrected chi connectivity index (χ4v) is 4.75. The Morgan fingerprint density at radius 1 is 1.15 bits per heavy atom. The molecule has 8 heteroatoms. The van der Waals surface area contributed by atoms with Gasteiger partial charge < -0.3 is 15.9 Å². The number of anilines is 1. The van der Waals surface area contributed by atoms with Crippen molar-refractivity contribution < 1.29 is 19.8 Å².